The van der Waals surface area contributed by atoms with Crippen LogP contribution in [-0.2, 0) is 14.8 Å². The Bertz CT molecular complexity index is 947. The molecule has 1 amide bonds. The number of carbonyl (C=O) groups excluding carboxylic acids is 1. The van der Waals surface area contributed by atoms with Crippen molar-refractivity contribution >= 4 is 44.2 Å². The number of benzene rings is 2. The summed E-state index contributed by atoms with van der Waals surface area (Å²) in [6.07, 6.45) is 1.87. The van der Waals surface area contributed by atoms with Crippen LogP contribution in [0, 0.1) is 17.4 Å². The van der Waals surface area contributed by atoms with Gasteiger partial charge >= 0.3 is 0 Å². The summed E-state index contributed by atoms with van der Waals surface area (Å²) in [7, 11) is -3.43. The van der Waals surface area contributed by atoms with Gasteiger partial charge in [0, 0.05) is 16.5 Å². The minimum atomic E-state index is -3.43. The number of aryl methyl sites for hydroxylation is 2. The largest absolute Gasteiger partial charge is 0.491 e. The number of amides is 1. The SMILES string of the molecule is Cc1ccccc1OCCNC(=O)CCCN(c1ccc(I)cc1C)S(C)(=O)=O. The van der Waals surface area contributed by atoms with E-state index in [0.29, 0.717) is 25.3 Å². The number of hydrogen-bond donors (Lipinski definition) is 1. The summed E-state index contributed by atoms with van der Waals surface area (Å²) in [6, 6.07) is 13.3. The van der Waals surface area contributed by atoms with E-state index in [1.54, 1.807) is 6.07 Å². The second-order valence-corrected chi connectivity index (χ2v) is 9.99. The molecule has 2 aromatic carbocycles. The maximum absolute atomic E-state index is 12.2. The van der Waals surface area contributed by atoms with Crippen LogP contribution in [0.4, 0.5) is 5.69 Å². The summed E-state index contributed by atoms with van der Waals surface area (Å²) in [5, 5.41) is 2.81. The van der Waals surface area contributed by atoms with Crippen molar-refractivity contribution in [2.75, 3.05) is 30.3 Å². The zero-order valence-corrected chi connectivity index (χ0v) is 19.9. The van der Waals surface area contributed by atoms with Crippen LogP contribution in [0.15, 0.2) is 42.5 Å². The topological polar surface area (TPSA) is 75.7 Å². The minimum absolute atomic E-state index is 0.119. The number of sulfonamides is 1. The number of para-hydroxylation sites is 1. The lowest BCUT2D eigenvalue weighted by Gasteiger charge is -2.24. The molecule has 2 rings (SSSR count). The van der Waals surface area contributed by atoms with Crippen LogP contribution in [0.25, 0.3) is 0 Å². The molecule has 0 saturated carbocycles. The first-order valence-corrected chi connectivity index (χ1v) is 12.3. The average molecular weight is 530 g/mol. The lowest BCUT2D eigenvalue weighted by atomic mass is 10.2. The van der Waals surface area contributed by atoms with E-state index in [4.69, 9.17) is 4.74 Å². The highest BCUT2D eigenvalue weighted by Crippen LogP contribution is 2.24. The Balaban J connectivity index is 1.80. The van der Waals surface area contributed by atoms with E-state index in [0.717, 1.165) is 20.4 Å². The summed E-state index contributed by atoms with van der Waals surface area (Å²) in [5.41, 5.74) is 2.59. The molecule has 0 atom stereocenters. The molecule has 29 heavy (non-hydrogen) atoms. The first-order chi connectivity index (χ1) is 13.7. The van der Waals surface area contributed by atoms with Gasteiger partial charge in [-0.05, 0) is 78.3 Å². The third-order valence-electron chi connectivity index (χ3n) is 4.37. The Morgan fingerprint density at radius 3 is 2.52 bits per heavy atom. The van der Waals surface area contributed by atoms with Crippen molar-refractivity contribution < 1.29 is 17.9 Å². The number of carbonyl (C=O) groups is 1. The van der Waals surface area contributed by atoms with Gasteiger partial charge in [-0.3, -0.25) is 9.10 Å². The van der Waals surface area contributed by atoms with Gasteiger partial charge in [-0.25, -0.2) is 8.42 Å². The van der Waals surface area contributed by atoms with E-state index >= 15 is 0 Å². The quantitative estimate of drug-likeness (QED) is 0.376. The second kappa shape index (κ2) is 10.8. The maximum Gasteiger partial charge on any atom is 0.232 e. The number of hydrogen-bond acceptors (Lipinski definition) is 4. The molecule has 2 aromatic rings. The van der Waals surface area contributed by atoms with Crippen molar-refractivity contribution in [2.24, 2.45) is 0 Å². The van der Waals surface area contributed by atoms with E-state index in [9.17, 15) is 13.2 Å². The molecule has 0 bridgehead atoms. The highest BCUT2D eigenvalue weighted by molar-refractivity contribution is 14.1. The van der Waals surface area contributed by atoms with Gasteiger partial charge in [0.05, 0.1) is 18.5 Å². The fraction of sp³-hybridized carbons (Fsp3) is 0.381. The van der Waals surface area contributed by atoms with Crippen molar-refractivity contribution in [3.8, 4) is 5.75 Å². The summed E-state index contributed by atoms with van der Waals surface area (Å²) in [4.78, 5) is 12.1. The van der Waals surface area contributed by atoms with Crippen LogP contribution in [-0.4, -0.2) is 40.3 Å². The molecule has 0 spiro atoms. The number of halogens is 1. The predicted molar refractivity (Wildman–Crippen MR) is 125 cm³/mol. The maximum atomic E-state index is 12.2. The van der Waals surface area contributed by atoms with Gasteiger partial charge < -0.3 is 10.1 Å². The van der Waals surface area contributed by atoms with Gasteiger partial charge in [0.2, 0.25) is 15.9 Å². The van der Waals surface area contributed by atoms with Crippen LogP contribution in [0.3, 0.4) is 0 Å². The first kappa shape index (κ1) is 23.5. The van der Waals surface area contributed by atoms with E-state index in [-0.39, 0.29) is 18.9 Å². The van der Waals surface area contributed by atoms with E-state index in [1.807, 2.05) is 50.2 Å². The molecule has 0 aromatic heterocycles. The Kier molecular flexibility index (Phi) is 8.76. The third-order valence-corrected chi connectivity index (χ3v) is 6.22. The molecular formula is C21H27IN2O4S. The van der Waals surface area contributed by atoms with Crippen LogP contribution in [0.5, 0.6) is 5.75 Å². The van der Waals surface area contributed by atoms with Crippen LogP contribution < -0.4 is 14.4 Å². The summed E-state index contributed by atoms with van der Waals surface area (Å²) < 4.78 is 32.5. The van der Waals surface area contributed by atoms with Crippen LogP contribution in [0.1, 0.15) is 24.0 Å². The Morgan fingerprint density at radius 1 is 1.14 bits per heavy atom. The van der Waals surface area contributed by atoms with Crippen molar-refractivity contribution in [2.45, 2.75) is 26.7 Å². The normalized spacial score (nSPS) is 11.2. The van der Waals surface area contributed by atoms with Crippen molar-refractivity contribution in [1.82, 2.24) is 5.32 Å². The Hall–Kier alpha value is -1.81. The van der Waals surface area contributed by atoms with Crippen molar-refractivity contribution in [3.63, 3.8) is 0 Å². The second-order valence-electron chi connectivity index (χ2n) is 6.83. The predicted octanol–water partition coefficient (Wildman–Crippen LogP) is 3.65. The molecule has 0 aliphatic heterocycles. The van der Waals surface area contributed by atoms with Gasteiger partial charge in [-0.2, -0.15) is 0 Å². The molecule has 0 aliphatic rings. The molecule has 0 radical (unpaired) electrons. The molecule has 0 heterocycles. The van der Waals surface area contributed by atoms with Crippen LogP contribution in [0.2, 0.25) is 0 Å². The fourth-order valence-electron chi connectivity index (χ4n) is 2.91. The monoisotopic (exact) mass is 530 g/mol. The molecule has 8 heteroatoms. The molecule has 0 fully saturated rings. The van der Waals surface area contributed by atoms with E-state index in [1.165, 1.54) is 10.6 Å². The number of anilines is 1. The smallest absolute Gasteiger partial charge is 0.232 e. The number of ether oxygens (including phenoxy) is 1. The zero-order chi connectivity index (χ0) is 21.4. The van der Waals surface area contributed by atoms with Crippen molar-refractivity contribution in [1.29, 1.82) is 0 Å². The summed E-state index contributed by atoms with van der Waals surface area (Å²) in [6.45, 7) is 4.90. The summed E-state index contributed by atoms with van der Waals surface area (Å²) >= 11 is 2.19. The highest BCUT2D eigenvalue weighted by atomic mass is 127. The van der Waals surface area contributed by atoms with Gasteiger partial charge in [0.15, 0.2) is 0 Å². The lowest BCUT2D eigenvalue weighted by Crippen LogP contribution is -2.33. The Labute approximate surface area is 186 Å². The van der Waals surface area contributed by atoms with Gasteiger partial charge in [0.25, 0.3) is 0 Å². The molecule has 158 valence electrons. The number of nitrogens with zero attached hydrogens (tertiary/aromatic N) is 1. The fourth-order valence-corrected chi connectivity index (χ4v) is 4.57. The molecule has 0 aliphatic carbocycles. The van der Waals surface area contributed by atoms with E-state index in [2.05, 4.69) is 27.9 Å². The molecule has 0 unspecified atom stereocenters. The van der Waals surface area contributed by atoms with Gasteiger partial charge in [-0.1, -0.05) is 18.2 Å². The number of nitrogens with one attached hydrogen (secondary N) is 1. The van der Waals surface area contributed by atoms with Crippen LogP contribution >= 0.6 is 22.6 Å². The standard InChI is InChI=1S/C21H27IN2O4S/c1-16-7-4-5-8-20(16)28-14-12-23-21(25)9-6-13-24(29(3,26)27)19-11-10-18(22)15-17(19)2/h4-5,7-8,10-11,15H,6,9,12-14H2,1-3H3,(H,23,25). The summed E-state index contributed by atoms with van der Waals surface area (Å²) in [5.74, 6) is 0.685. The molecule has 0 saturated heterocycles. The average Bonchev–Trinajstić information content (AvgIpc) is 2.63. The number of rotatable bonds is 10. The lowest BCUT2D eigenvalue weighted by molar-refractivity contribution is -0.121. The van der Waals surface area contributed by atoms with E-state index < -0.39 is 10.0 Å². The van der Waals surface area contributed by atoms with Gasteiger partial charge in [-0.15, -0.1) is 0 Å². The third kappa shape index (κ3) is 7.50. The minimum Gasteiger partial charge on any atom is -0.491 e. The zero-order valence-electron chi connectivity index (χ0n) is 16.9. The molecule has 6 nitrogen and oxygen atoms in total. The van der Waals surface area contributed by atoms with Gasteiger partial charge in [0.1, 0.15) is 12.4 Å². The van der Waals surface area contributed by atoms with Crippen molar-refractivity contribution in [3.05, 3.63) is 57.2 Å². The molecular weight excluding hydrogens is 503 g/mol. The Morgan fingerprint density at radius 2 is 1.86 bits per heavy atom. The highest BCUT2D eigenvalue weighted by Gasteiger charge is 2.19. The first-order valence-electron chi connectivity index (χ1n) is 9.37. The molecule has 1 N–H and O–H groups in total.